The van der Waals surface area contributed by atoms with Gasteiger partial charge in [0.1, 0.15) is 13.2 Å². The Bertz CT molecular complexity index is 864. The minimum absolute atomic E-state index is 0.0415. The average Bonchev–Trinajstić information content (AvgIpc) is 2.79. The van der Waals surface area contributed by atoms with Gasteiger partial charge in [-0.2, -0.15) is 0 Å². The van der Waals surface area contributed by atoms with Gasteiger partial charge in [-0.15, -0.1) is 0 Å². The van der Waals surface area contributed by atoms with Crippen LogP contribution in [-0.4, -0.2) is 56.8 Å². The summed E-state index contributed by atoms with van der Waals surface area (Å²) in [5.74, 6) is 1.36. The molecule has 0 atom stereocenters. The summed E-state index contributed by atoms with van der Waals surface area (Å²) >= 11 is 0. The quantitative estimate of drug-likeness (QED) is 0.758. The zero-order chi connectivity index (χ0) is 20.1. The Kier molecular flexibility index (Phi) is 5.86. The van der Waals surface area contributed by atoms with E-state index in [2.05, 4.69) is 29.1 Å². The van der Waals surface area contributed by atoms with Gasteiger partial charge in [-0.1, -0.05) is 24.8 Å². The summed E-state index contributed by atoms with van der Waals surface area (Å²) in [6.45, 7) is 7.98. The summed E-state index contributed by atoms with van der Waals surface area (Å²) in [5, 5.41) is 0. The Morgan fingerprint density at radius 2 is 1.72 bits per heavy atom. The first-order valence-corrected chi connectivity index (χ1v) is 9.75. The highest BCUT2D eigenvalue weighted by molar-refractivity contribution is 5.78. The minimum atomic E-state index is -0.0467. The van der Waals surface area contributed by atoms with E-state index in [1.807, 2.05) is 41.3 Å². The average molecular weight is 395 g/mol. The molecule has 1 amide bonds. The molecule has 0 aromatic heterocycles. The fourth-order valence-corrected chi connectivity index (χ4v) is 3.42. The molecule has 0 bridgehead atoms. The van der Waals surface area contributed by atoms with E-state index in [1.165, 1.54) is 5.69 Å². The van der Waals surface area contributed by atoms with Gasteiger partial charge < -0.3 is 19.3 Å². The lowest BCUT2D eigenvalue weighted by atomic mass is 10.1. The molecule has 2 aromatic carbocycles. The molecule has 0 aliphatic carbocycles. The van der Waals surface area contributed by atoms with E-state index in [9.17, 15) is 4.79 Å². The topological polar surface area (TPSA) is 63.3 Å². The molecular weight excluding hydrogens is 370 g/mol. The number of amides is 1. The van der Waals surface area contributed by atoms with Gasteiger partial charge in [0.05, 0.1) is 5.70 Å². The SMILES string of the molecule is C=C(NOCC(=O)N1CCN(c2ccccc2)CC1)c1ccc2c(c1)OCCO2. The molecule has 0 radical (unpaired) electrons. The van der Waals surface area contributed by atoms with Crippen LogP contribution in [0.2, 0.25) is 0 Å². The van der Waals surface area contributed by atoms with E-state index in [0.29, 0.717) is 37.7 Å². The van der Waals surface area contributed by atoms with Crippen molar-refractivity contribution in [2.45, 2.75) is 0 Å². The van der Waals surface area contributed by atoms with Crippen molar-refractivity contribution in [1.82, 2.24) is 10.4 Å². The summed E-state index contributed by atoms with van der Waals surface area (Å²) in [6, 6.07) is 15.8. The van der Waals surface area contributed by atoms with Crippen LogP contribution < -0.4 is 19.9 Å². The smallest absolute Gasteiger partial charge is 0.251 e. The zero-order valence-corrected chi connectivity index (χ0v) is 16.3. The molecule has 0 spiro atoms. The number of fused-ring (bicyclic) bond motifs is 1. The molecule has 2 aromatic rings. The lowest BCUT2D eigenvalue weighted by Crippen LogP contribution is -2.50. The first kappa shape index (κ1) is 19.1. The Hall–Kier alpha value is -3.19. The molecular formula is C22H25N3O4. The number of carbonyl (C=O) groups excluding carboxylic acids is 1. The Morgan fingerprint density at radius 3 is 2.48 bits per heavy atom. The van der Waals surface area contributed by atoms with Gasteiger partial charge in [0.15, 0.2) is 18.1 Å². The highest BCUT2D eigenvalue weighted by atomic mass is 16.6. The Morgan fingerprint density at radius 1 is 1.00 bits per heavy atom. The summed E-state index contributed by atoms with van der Waals surface area (Å²) < 4.78 is 11.1. The fourth-order valence-electron chi connectivity index (χ4n) is 3.42. The van der Waals surface area contributed by atoms with Crippen molar-refractivity contribution < 1.29 is 19.1 Å². The number of hydrogen-bond acceptors (Lipinski definition) is 6. The number of rotatable bonds is 6. The van der Waals surface area contributed by atoms with Crippen molar-refractivity contribution in [2.75, 3.05) is 50.9 Å². The van der Waals surface area contributed by atoms with Gasteiger partial charge in [-0.3, -0.25) is 15.1 Å². The van der Waals surface area contributed by atoms with Crippen LogP contribution in [-0.2, 0) is 9.63 Å². The van der Waals surface area contributed by atoms with Crippen molar-refractivity contribution in [1.29, 1.82) is 0 Å². The number of hydroxylamine groups is 1. The van der Waals surface area contributed by atoms with Crippen molar-refractivity contribution in [3.05, 3.63) is 60.7 Å². The zero-order valence-electron chi connectivity index (χ0n) is 16.3. The highest BCUT2D eigenvalue weighted by Gasteiger charge is 2.21. The van der Waals surface area contributed by atoms with E-state index in [1.54, 1.807) is 0 Å². The Labute approximate surface area is 170 Å². The van der Waals surface area contributed by atoms with Crippen LogP contribution >= 0.6 is 0 Å². The number of anilines is 1. The minimum Gasteiger partial charge on any atom is -0.486 e. The second-order valence-corrected chi connectivity index (χ2v) is 6.93. The van der Waals surface area contributed by atoms with Crippen LogP contribution in [0.5, 0.6) is 11.5 Å². The Balaban J connectivity index is 1.22. The third-order valence-electron chi connectivity index (χ3n) is 5.04. The second-order valence-electron chi connectivity index (χ2n) is 6.93. The third kappa shape index (κ3) is 4.63. The molecule has 4 rings (SSSR count). The van der Waals surface area contributed by atoms with Gasteiger partial charge in [-0.25, -0.2) is 0 Å². The fraction of sp³-hybridized carbons (Fsp3) is 0.318. The van der Waals surface area contributed by atoms with Crippen LogP contribution in [0.25, 0.3) is 5.70 Å². The van der Waals surface area contributed by atoms with E-state index in [0.717, 1.165) is 24.4 Å². The number of para-hydroxylation sites is 1. The van der Waals surface area contributed by atoms with Crippen LogP contribution in [0, 0.1) is 0 Å². The molecule has 1 fully saturated rings. The van der Waals surface area contributed by atoms with E-state index >= 15 is 0 Å². The molecule has 2 aliphatic rings. The summed E-state index contributed by atoms with van der Waals surface area (Å²) in [7, 11) is 0. The second kappa shape index (κ2) is 8.87. The van der Waals surface area contributed by atoms with Gasteiger partial charge >= 0.3 is 0 Å². The maximum absolute atomic E-state index is 12.4. The maximum atomic E-state index is 12.4. The first-order valence-electron chi connectivity index (χ1n) is 9.75. The van der Waals surface area contributed by atoms with Gasteiger partial charge in [0, 0.05) is 37.4 Å². The van der Waals surface area contributed by atoms with E-state index in [-0.39, 0.29) is 12.5 Å². The number of hydrogen-bond donors (Lipinski definition) is 1. The molecule has 0 unspecified atom stereocenters. The molecule has 152 valence electrons. The lowest BCUT2D eigenvalue weighted by Gasteiger charge is -2.36. The standard InChI is InChI=1S/C22H25N3O4/c1-17(18-7-8-20-21(15-18)28-14-13-27-20)23-29-16-22(26)25-11-9-24(10-12-25)19-5-3-2-4-6-19/h2-8,15,23H,1,9-14,16H2. The third-order valence-corrected chi connectivity index (χ3v) is 5.04. The van der Waals surface area contributed by atoms with Crippen molar-refractivity contribution in [3.63, 3.8) is 0 Å². The predicted octanol–water partition coefficient (Wildman–Crippen LogP) is 2.30. The van der Waals surface area contributed by atoms with Crippen LogP contribution in [0.3, 0.4) is 0 Å². The molecule has 7 nitrogen and oxygen atoms in total. The van der Waals surface area contributed by atoms with Gasteiger partial charge in [0.25, 0.3) is 5.91 Å². The van der Waals surface area contributed by atoms with Gasteiger partial charge in [-0.05, 0) is 30.3 Å². The number of ether oxygens (including phenoxy) is 2. The van der Waals surface area contributed by atoms with Crippen molar-refractivity contribution in [3.8, 4) is 11.5 Å². The van der Waals surface area contributed by atoms with E-state index in [4.69, 9.17) is 14.3 Å². The normalized spacial score (nSPS) is 15.7. The number of carbonyl (C=O) groups is 1. The number of benzene rings is 2. The monoisotopic (exact) mass is 395 g/mol. The van der Waals surface area contributed by atoms with Gasteiger partial charge in [0.2, 0.25) is 0 Å². The van der Waals surface area contributed by atoms with Crippen molar-refractivity contribution >= 4 is 17.3 Å². The number of nitrogens with one attached hydrogen (secondary N) is 1. The summed E-state index contributed by atoms with van der Waals surface area (Å²) in [6.07, 6.45) is 0. The molecule has 1 saturated heterocycles. The van der Waals surface area contributed by atoms with E-state index < -0.39 is 0 Å². The number of nitrogens with zero attached hydrogens (tertiary/aromatic N) is 2. The van der Waals surface area contributed by atoms with Crippen molar-refractivity contribution in [2.24, 2.45) is 0 Å². The number of piperazine rings is 1. The maximum Gasteiger partial charge on any atom is 0.251 e. The molecule has 2 aliphatic heterocycles. The summed E-state index contributed by atoms with van der Waals surface area (Å²) in [5.41, 5.74) is 5.33. The van der Waals surface area contributed by atoms with Crippen LogP contribution in [0.1, 0.15) is 5.56 Å². The molecule has 0 saturated carbocycles. The lowest BCUT2D eigenvalue weighted by molar-refractivity contribution is -0.138. The predicted molar refractivity (Wildman–Crippen MR) is 111 cm³/mol. The van der Waals surface area contributed by atoms with Crippen LogP contribution in [0.15, 0.2) is 55.1 Å². The summed E-state index contributed by atoms with van der Waals surface area (Å²) in [4.78, 5) is 21.9. The largest absolute Gasteiger partial charge is 0.486 e. The highest BCUT2D eigenvalue weighted by Crippen LogP contribution is 2.32. The van der Waals surface area contributed by atoms with Crippen LogP contribution in [0.4, 0.5) is 5.69 Å². The first-order chi connectivity index (χ1) is 14.2. The molecule has 7 heteroatoms. The molecule has 2 heterocycles. The molecule has 29 heavy (non-hydrogen) atoms. The molecule has 1 N–H and O–H groups in total.